The van der Waals surface area contributed by atoms with Crippen molar-refractivity contribution in [2.24, 2.45) is 5.92 Å². The van der Waals surface area contributed by atoms with Gasteiger partial charge in [-0.05, 0) is 43.5 Å². The molecule has 0 spiro atoms. The van der Waals surface area contributed by atoms with Crippen molar-refractivity contribution in [3.05, 3.63) is 34.6 Å². The minimum Gasteiger partial charge on any atom is -0.313 e. The summed E-state index contributed by atoms with van der Waals surface area (Å²) in [6, 6.07) is 5.31. The predicted molar refractivity (Wildman–Crippen MR) is 74.4 cm³/mol. The summed E-state index contributed by atoms with van der Waals surface area (Å²) in [6.45, 7) is 0. The van der Waals surface area contributed by atoms with Gasteiger partial charge in [-0.25, -0.2) is 4.39 Å². The second-order valence-corrected chi connectivity index (χ2v) is 5.65. The van der Waals surface area contributed by atoms with Gasteiger partial charge in [0.25, 0.3) is 0 Å². The lowest BCUT2D eigenvalue weighted by molar-refractivity contribution is 0.427. The second-order valence-electron chi connectivity index (χ2n) is 5.24. The highest BCUT2D eigenvalue weighted by atomic mass is 35.5. The van der Waals surface area contributed by atoms with Crippen LogP contribution in [0, 0.1) is 11.7 Å². The molecule has 1 aliphatic carbocycles. The zero-order chi connectivity index (χ0) is 13.0. The lowest BCUT2D eigenvalue weighted by atomic mass is 9.95. The van der Waals surface area contributed by atoms with Crippen molar-refractivity contribution in [2.45, 2.75) is 44.6 Å². The standard InChI is InChI=1S/C15H21ClFN/c1-18-15(9-6-11-4-2-3-5-11)12-7-8-14(17)13(16)10-12/h7-8,10-11,15,18H,2-6,9H2,1H3. The van der Waals surface area contributed by atoms with E-state index >= 15 is 0 Å². The molecular weight excluding hydrogens is 249 g/mol. The first-order valence-electron chi connectivity index (χ1n) is 6.83. The van der Waals surface area contributed by atoms with Gasteiger partial charge in [0.1, 0.15) is 5.82 Å². The molecule has 100 valence electrons. The quantitative estimate of drug-likeness (QED) is 0.816. The van der Waals surface area contributed by atoms with Crippen molar-refractivity contribution in [3.8, 4) is 0 Å². The van der Waals surface area contributed by atoms with E-state index in [-0.39, 0.29) is 16.9 Å². The summed E-state index contributed by atoms with van der Waals surface area (Å²) in [5.74, 6) is 0.544. The van der Waals surface area contributed by atoms with E-state index < -0.39 is 0 Å². The van der Waals surface area contributed by atoms with Gasteiger partial charge in [-0.2, -0.15) is 0 Å². The molecule has 0 bridgehead atoms. The largest absolute Gasteiger partial charge is 0.313 e. The van der Waals surface area contributed by atoms with Crippen LogP contribution >= 0.6 is 11.6 Å². The third-order valence-electron chi connectivity index (χ3n) is 4.03. The van der Waals surface area contributed by atoms with Crippen LogP contribution in [0.4, 0.5) is 4.39 Å². The van der Waals surface area contributed by atoms with E-state index in [2.05, 4.69) is 5.32 Å². The monoisotopic (exact) mass is 269 g/mol. The van der Waals surface area contributed by atoms with Gasteiger partial charge in [-0.3, -0.25) is 0 Å². The van der Waals surface area contributed by atoms with Crippen LogP contribution in [0.25, 0.3) is 0 Å². The van der Waals surface area contributed by atoms with Gasteiger partial charge in [-0.1, -0.05) is 43.4 Å². The molecule has 0 aliphatic heterocycles. The third-order valence-corrected chi connectivity index (χ3v) is 4.32. The maximum Gasteiger partial charge on any atom is 0.141 e. The molecule has 0 amide bonds. The first-order chi connectivity index (χ1) is 8.70. The lowest BCUT2D eigenvalue weighted by Crippen LogP contribution is -2.17. The van der Waals surface area contributed by atoms with E-state index in [9.17, 15) is 4.39 Å². The number of halogens is 2. The van der Waals surface area contributed by atoms with Crippen molar-refractivity contribution in [3.63, 3.8) is 0 Å². The van der Waals surface area contributed by atoms with E-state index in [0.29, 0.717) is 0 Å². The third kappa shape index (κ3) is 3.46. The highest BCUT2D eigenvalue weighted by molar-refractivity contribution is 6.30. The van der Waals surface area contributed by atoms with E-state index in [4.69, 9.17) is 11.6 Å². The summed E-state index contributed by atoms with van der Waals surface area (Å²) in [6.07, 6.45) is 7.87. The number of hydrogen-bond donors (Lipinski definition) is 1. The minimum atomic E-state index is -0.342. The van der Waals surface area contributed by atoms with Crippen molar-refractivity contribution in [1.29, 1.82) is 0 Å². The molecule has 0 saturated heterocycles. The molecule has 1 aromatic carbocycles. The van der Waals surface area contributed by atoms with Crippen LogP contribution in [0.2, 0.25) is 5.02 Å². The maximum absolute atomic E-state index is 13.1. The molecule has 1 nitrogen and oxygen atoms in total. The highest BCUT2D eigenvalue weighted by Gasteiger charge is 2.18. The normalized spacial score (nSPS) is 18.2. The Morgan fingerprint density at radius 1 is 1.39 bits per heavy atom. The number of nitrogens with one attached hydrogen (secondary N) is 1. The average molecular weight is 270 g/mol. The summed E-state index contributed by atoms with van der Waals surface area (Å²) in [4.78, 5) is 0. The summed E-state index contributed by atoms with van der Waals surface area (Å²) < 4.78 is 13.1. The van der Waals surface area contributed by atoms with Crippen molar-refractivity contribution in [2.75, 3.05) is 7.05 Å². The first kappa shape index (κ1) is 13.8. The minimum absolute atomic E-state index is 0.216. The molecule has 1 saturated carbocycles. The van der Waals surface area contributed by atoms with Crippen LogP contribution in [-0.4, -0.2) is 7.05 Å². The molecule has 1 N–H and O–H groups in total. The van der Waals surface area contributed by atoms with Gasteiger partial charge in [0.05, 0.1) is 5.02 Å². The topological polar surface area (TPSA) is 12.0 Å². The number of benzene rings is 1. The van der Waals surface area contributed by atoms with Crippen LogP contribution in [0.1, 0.15) is 50.1 Å². The van der Waals surface area contributed by atoms with Crippen molar-refractivity contribution < 1.29 is 4.39 Å². The molecule has 1 aliphatic rings. The second kappa shape index (κ2) is 6.53. The Labute approximate surface area is 114 Å². The molecule has 3 heteroatoms. The van der Waals surface area contributed by atoms with Gasteiger partial charge in [0.15, 0.2) is 0 Å². The molecule has 0 heterocycles. The highest BCUT2D eigenvalue weighted by Crippen LogP contribution is 2.32. The van der Waals surface area contributed by atoms with Gasteiger partial charge in [-0.15, -0.1) is 0 Å². The van der Waals surface area contributed by atoms with Gasteiger partial charge in [0.2, 0.25) is 0 Å². The van der Waals surface area contributed by atoms with E-state index in [1.54, 1.807) is 6.07 Å². The fraction of sp³-hybridized carbons (Fsp3) is 0.600. The van der Waals surface area contributed by atoms with Gasteiger partial charge < -0.3 is 5.32 Å². The van der Waals surface area contributed by atoms with Crippen LogP contribution in [-0.2, 0) is 0 Å². The molecule has 1 aromatic rings. The van der Waals surface area contributed by atoms with Crippen LogP contribution < -0.4 is 5.32 Å². The SMILES string of the molecule is CNC(CCC1CCCC1)c1ccc(F)c(Cl)c1. The fourth-order valence-corrected chi connectivity index (χ4v) is 3.10. The Hall–Kier alpha value is -0.600. The zero-order valence-corrected chi connectivity index (χ0v) is 11.6. The summed E-state index contributed by atoms with van der Waals surface area (Å²) in [7, 11) is 1.95. The van der Waals surface area contributed by atoms with Crippen LogP contribution in [0.5, 0.6) is 0 Å². The maximum atomic E-state index is 13.1. The molecule has 1 unspecified atom stereocenters. The molecule has 0 aromatic heterocycles. The van der Waals surface area contributed by atoms with E-state index in [1.807, 2.05) is 13.1 Å². The van der Waals surface area contributed by atoms with E-state index in [1.165, 1.54) is 38.2 Å². The zero-order valence-electron chi connectivity index (χ0n) is 10.9. The molecule has 1 atom stereocenters. The fourth-order valence-electron chi connectivity index (χ4n) is 2.91. The Balaban J connectivity index is 1.96. The molecule has 0 radical (unpaired) electrons. The number of rotatable bonds is 5. The first-order valence-corrected chi connectivity index (χ1v) is 7.20. The molecule has 2 rings (SSSR count). The Morgan fingerprint density at radius 3 is 2.72 bits per heavy atom. The Morgan fingerprint density at radius 2 is 2.11 bits per heavy atom. The predicted octanol–water partition coefficient (Wildman–Crippen LogP) is 4.71. The Kier molecular flexibility index (Phi) is 5.02. The summed E-state index contributed by atoms with van der Waals surface area (Å²) >= 11 is 5.84. The molecular formula is C15H21ClFN. The van der Waals surface area contributed by atoms with Gasteiger partial charge >= 0.3 is 0 Å². The average Bonchev–Trinajstić information content (AvgIpc) is 2.87. The lowest BCUT2D eigenvalue weighted by Gasteiger charge is -2.19. The smallest absolute Gasteiger partial charge is 0.141 e. The van der Waals surface area contributed by atoms with Crippen LogP contribution in [0.3, 0.4) is 0 Å². The molecule has 18 heavy (non-hydrogen) atoms. The van der Waals surface area contributed by atoms with Crippen molar-refractivity contribution in [1.82, 2.24) is 5.32 Å². The Bertz CT molecular complexity index is 388. The summed E-state index contributed by atoms with van der Waals surface area (Å²) in [5.41, 5.74) is 1.09. The molecule has 1 fully saturated rings. The van der Waals surface area contributed by atoms with Gasteiger partial charge in [0, 0.05) is 6.04 Å². The summed E-state index contributed by atoms with van der Waals surface area (Å²) in [5, 5.41) is 3.52. The van der Waals surface area contributed by atoms with Crippen LogP contribution in [0.15, 0.2) is 18.2 Å². The van der Waals surface area contributed by atoms with E-state index in [0.717, 1.165) is 17.9 Å². The van der Waals surface area contributed by atoms with Crippen molar-refractivity contribution >= 4 is 11.6 Å². The number of hydrogen-bond acceptors (Lipinski definition) is 1.